The molecule has 1 aliphatic heterocycles. The van der Waals surface area contributed by atoms with Crippen molar-refractivity contribution < 1.29 is 4.79 Å². The summed E-state index contributed by atoms with van der Waals surface area (Å²) in [5.74, 6) is -0.0105. The molecule has 0 N–H and O–H groups in total. The fraction of sp³-hybridized carbons (Fsp3) is 0.0952. The van der Waals surface area contributed by atoms with E-state index in [4.69, 9.17) is 11.6 Å². The van der Waals surface area contributed by atoms with E-state index >= 15 is 0 Å². The van der Waals surface area contributed by atoms with Gasteiger partial charge < -0.3 is 0 Å². The third-order valence-electron chi connectivity index (χ3n) is 4.32. The van der Waals surface area contributed by atoms with Gasteiger partial charge in [-0.15, -0.1) is 0 Å². The lowest BCUT2D eigenvalue weighted by molar-refractivity contribution is 0.103. The summed E-state index contributed by atoms with van der Waals surface area (Å²) in [7, 11) is 0. The molecule has 25 heavy (non-hydrogen) atoms. The van der Waals surface area contributed by atoms with Gasteiger partial charge in [-0.05, 0) is 36.8 Å². The minimum atomic E-state index is -0.0105. The van der Waals surface area contributed by atoms with Gasteiger partial charge >= 0.3 is 0 Å². The van der Waals surface area contributed by atoms with E-state index in [1.54, 1.807) is 12.3 Å². The molecule has 4 rings (SSSR count). The SMILES string of the molecule is CC1=NCC(C(=O)c2ccc3ncc(-c4ccccc4)c(Cl)c3c2)=C1. The van der Waals surface area contributed by atoms with Gasteiger partial charge in [0.1, 0.15) is 0 Å². The number of hydrogen-bond acceptors (Lipinski definition) is 3. The average molecular weight is 347 g/mol. The summed E-state index contributed by atoms with van der Waals surface area (Å²) in [5.41, 5.74) is 4.83. The maximum absolute atomic E-state index is 12.7. The van der Waals surface area contributed by atoms with Crippen molar-refractivity contribution in [3.8, 4) is 11.1 Å². The van der Waals surface area contributed by atoms with Crippen molar-refractivity contribution in [3.63, 3.8) is 0 Å². The lowest BCUT2D eigenvalue weighted by Crippen LogP contribution is -2.04. The van der Waals surface area contributed by atoms with Gasteiger partial charge in [0.25, 0.3) is 0 Å². The Hall–Kier alpha value is -2.78. The molecule has 0 unspecified atom stereocenters. The minimum absolute atomic E-state index is 0.0105. The molecule has 1 aliphatic rings. The second-order valence-corrected chi connectivity index (χ2v) is 6.42. The molecule has 2 heterocycles. The predicted molar refractivity (Wildman–Crippen MR) is 103 cm³/mol. The number of ketones is 1. The summed E-state index contributed by atoms with van der Waals surface area (Å²) in [6.45, 7) is 2.34. The van der Waals surface area contributed by atoms with Gasteiger partial charge in [0, 0.05) is 34.0 Å². The van der Waals surface area contributed by atoms with Crippen LogP contribution in [0.1, 0.15) is 17.3 Å². The first-order chi connectivity index (χ1) is 12.1. The van der Waals surface area contributed by atoms with Crippen molar-refractivity contribution in [2.45, 2.75) is 6.92 Å². The summed E-state index contributed by atoms with van der Waals surface area (Å²) < 4.78 is 0. The topological polar surface area (TPSA) is 42.3 Å². The number of carbonyl (C=O) groups excluding carboxylic acids is 1. The lowest BCUT2D eigenvalue weighted by atomic mass is 9.99. The van der Waals surface area contributed by atoms with Crippen LogP contribution in [0.4, 0.5) is 0 Å². The molecule has 0 radical (unpaired) electrons. The standard InChI is InChI=1S/C21H15ClN2O/c1-13-9-16(11-23-13)21(25)15-7-8-19-17(10-15)20(22)18(12-24-19)14-5-3-2-4-6-14/h2-10,12H,11H2,1H3. The highest BCUT2D eigenvalue weighted by Crippen LogP contribution is 2.33. The molecular formula is C21H15ClN2O. The molecule has 0 aliphatic carbocycles. The molecule has 3 aromatic rings. The van der Waals surface area contributed by atoms with E-state index in [1.165, 1.54) is 0 Å². The highest BCUT2D eigenvalue weighted by atomic mass is 35.5. The van der Waals surface area contributed by atoms with Crippen molar-refractivity contribution in [3.05, 3.63) is 77.0 Å². The fourth-order valence-corrected chi connectivity index (χ4v) is 3.31. The number of allylic oxidation sites excluding steroid dienone is 1. The molecule has 0 amide bonds. The lowest BCUT2D eigenvalue weighted by Gasteiger charge is -2.09. The zero-order valence-corrected chi connectivity index (χ0v) is 14.4. The van der Waals surface area contributed by atoms with Crippen LogP contribution in [0.25, 0.3) is 22.0 Å². The van der Waals surface area contributed by atoms with E-state index in [0.29, 0.717) is 22.7 Å². The number of Topliss-reactive ketones (excluding diaryl/α,β-unsaturated/α-hetero) is 1. The summed E-state index contributed by atoms with van der Waals surface area (Å²) in [6.07, 6.45) is 3.62. The van der Waals surface area contributed by atoms with Crippen LogP contribution in [0, 0.1) is 0 Å². The maximum Gasteiger partial charge on any atom is 0.190 e. The first-order valence-electron chi connectivity index (χ1n) is 8.03. The van der Waals surface area contributed by atoms with Crippen LogP contribution in [-0.4, -0.2) is 23.0 Å². The maximum atomic E-state index is 12.7. The molecule has 0 atom stereocenters. The molecule has 2 aromatic carbocycles. The van der Waals surface area contributed by atoms with Crippen molar-refractivity contribution >= 4 is 34.0 Å². The number of benzene rings is 2. The normalized spacial score (nSPS) is 13.7. The predicted octanol–water partition coefficient (Wildman–Crippen LogP) is 5.14. The second-order valence-electron chi connectivity index (χ2n) is 6.04. The van der Waals surface area contributed by atoms with Crippen LogP contribution < -0.4 is 0 Å². The zero-order valence-electron chi connectivity index (χ0n) is 13.7. The van der Waals surface area contributed by atoms with Gasteiger partial charge in [-0.25, -0.2) is 0 Å². The summed E-state index contributed by atoms with van der Waals surface area (Å²) in [4.78, 5) is 21.5. The zero-order chi connectivity index (χ0) is 17.4. The van der Waals surface area contributed by atoms with E-state index < -0.39 is 0 Å². The highest BCUT2D eigenvalue weighted by molar-refractivity contribution is 6.38. The Morgan fingerprint density at radius 1 is 1.12 bits per heavy atom. The molecule has 0 fully saturated rings. The first-order valence-corrected chi connectivity index (χ1v) is 8.41. The van der Waals surface area contributed by atoms with Gasteiger partial charge in [0.2, 0.25) is 0 Å². The van der Waals surface area contributed by atoms with E-state index in [2.05, 4.69) is 9.98 Å². The Morgan fingerprint density at radius 2 is 1.92 bits per heavy atom. The van der Waals surface area contributed by atoms with Gasteiger partial charge in [0.05, 0.1) is 17.1 Å². The molecule has 0 spiro atoms. The number of aliphatic imine (C=N–C) groups is 1. The summed E-state index contributed by atoms with van der Waals surface area (Å²) >= 11 is 6.65. The van der Waals surface area contributed by atoms with Crippen LogP contribution in [0.2, 0.25) is 5.02 Å². The monoisotopic (exact) mass is 346 g/mol. The van der Waals surface area contributed by atoms with Crippen molar-refractivity contribution in [1.82, 2.24) is 4.98 Å². The van der Waals surface area contributed by atoms with E-state index in [1.807, 2.05) is 55.5 Å². The number of aromatic nitrogens is 1. The van der Waals surface area contributed by atoms with Gasteiger partial charge in [-0.1, -0.05) is 41.9 Å². The number of nitrogens with zero attached hydrogens (tertiary/aromatic N) is 2. The van der Waals surface area contributed by atoms with Crippen LogP contribution in [-0.2, 0) is 0 Å². The average Bonchev–Trinajstić information content (AvgIpc) is 3.08. The van der Waals surface area contributed by atoms with E-state index in [0.717, 1.165) is 27.7 Å². The number of rotatable bonds is 3. The number of hydrogen-bond donors (Lipinski definition) is 0. The molecule has 0 bridgehead atoms. The fourth-order valence-electron chi connectivity index (χ4n) is 3.00. The van der Waals surface area contributed by atoms with Gasteiger partial charge in [0.15, 0.2) is 5.78 Å². The number of pyridine rings is 1. The van der Waals surface area contributed by atoms with Gasteiger partial charge in [-0.3, -0.25) is 14.8 Å². The smallest absolute Gasteiger partial charge is 0.190 e. The number of carbonyl (C=O) groups is 1. The minimum Gasteiger partial charge on any atom is -0.289 e. The molecule has 1 aromatic heterocycles. The molecule has 0 saturated heterocycles. The Kier molecular flexibility index (Phi) is 3.94. The Morgan fingerprint density at radius 3 is 2.64 bits per heavy atom. The highest BCUT2D eigenvalue weighted by Gasteiger charge is 2.17. The van der Waals surface area contributed by atoms with Gasteiger partial charge in [-0.2, -0.15) is 0 Å². The van der Waals surface area contributed by atoms with Crippen molar-refractivity contribution in [1.29, 1.82) is 0 Å². The largest absolute Gasteiger partial charge is 0.289 e. The Balaban J connectivity index is 1.81. The Labute approximate surface area is 150 Å². The third-order valence-corrected chi connectivity index (χ3v) is 4.73. The van der Waals surface area contributed by atoms with Crippen LogP contribution >= 0.6 is 11.6 Å². The molecular weight excluding hydrogens is 332 g/mol. The Bertz CT molecular complexity index is 1050. The third kappa shape index (κ3) is 2.87. The number of halogens is 1. The second kappa shape index (κ2) is 6.26. The van der Waals surface area contributed by atoms with Crippen molar-refractivity contribution in [2.24, 2.45) is 4.99 Å². The first kappa shape index (κ1) is 15.7. The van der Waals surface area contributed by atoms with E-state index in [-0.39, 0.29) is 5.78 Å². The molecule has 0 saturated carbocycles. The van der Waals surface area contributed by atoms with E-state index in [9.17, 15) is 4.79 Å². The van der Waals surface area contributed by atoms with Crippen LogP contribution in [0.15, 0.2) is 71.4 Å². The quantitative estimate of drug-likeness (QED) is 0.616. The van der Waals surface area contributed by atoms with Crippen LogP contribution in [0.5, 0.6) is 0 Å². The summed E-state index contributed by atoms with van der Waals surface area (Å²) in [6, 6.07) is 15.3. The number of fused-ring (bicyclic) bond motifs is 1. The molecule has 3 nitrogen and oxygen atoms in total. The summed E-state index contributed by atoms with van der Waals surface area (Å²) in [5, 5.41) is 1.39. The van der Waals surface area contributed by atoms with Crippen molar-refractivity contribution in [2.75, 3.05) is 6.54 Å². The van der Waals surface area contributed by atoms with Crippen LogP contribution in [0.3, 0.4) is 0 Å². The molecule has 4 heteroatoms. The molecule has 122 valence electrons.